The van der Waals surface area contributed by atoms with E-state index in [9.17, 15) is 0 Å². The Labute approximate surface area is 57.2 Å². The lowest BCUT2D eigenvalue weighted by Gasteiger charge is -2.11. The molecule has 0 saturated carbocycles. The average molecular weight is 178 g/mol. The molecule has 0 aromatic carbocycles. The van der Waals surface area contributed by atoms with Gasteiger partial charge >= 0.3 is 0 Å². The Hall–Kier alpha value is -0.0200. The molecule has 0 radical (unpaired) electrons. The smallest absolute Gasteiger partial charge is 0.124 e. The highest BCUT2D eigenvalue weighted by atomic mass is 79.9. The Balaban J connectivity index is 2.59. The number of likely N-dealkylation sites (N-methyl/N-ethyl adjacent to an activating group) is 1. The summed E-state index contributed by atoms with van der Waals surface area (Å²) in [6.45, 7) is 2.02. The number of rotatable bonds is 0. The van der Waals surface area contributed by atoms with Crippen LogP contribution in [0.2, 0.25) is 0 Å². The third-order valence-corrected chi connectivity index (χ3v) is 2.40. The number of nitrogens with zero attached hydrogens (tertiary/aromatic N) is 1. The third kappa shape index (κ3) is 0.880. The van der Waals surface area contributed by atoms with Gasteiger partial charge < -0.3 is 4.84 Å². The Kier molecular flexibility index (Phi) is 1.58. The van der Waals surface area contributed by atoms with Gasteiger partial charge in [-0.15, -0.1) is 5.06 Å². The molecule has 0 aromatic heterocycles. The fraction of sp³-hybridized carbons (Fsp3) is 0.600. The van der Waals surface area contributed by atoms with Crippen LogP contribution in [0.1, 0.15) is 6.92 Å². The van der Waals surface area contributed by atoms with Crippen LogP contribution in [0.15, 0.2) is 11.8 Å². The van der Waals surface area contributed by atoms with Gasteiger partial charge in [-0.1, -0.05) is 15.9 Å². The molecular weight excluding hydrogens is 170 g/mol. The molecule has 46 valence electrons. The molecule has 0 bridgehead atoms. The predicted octanol–water partition coefficient (Wildman–Crippen LogP) is 1.49. The van der Waals surface area contributed by atoms with E-state index in [2.05, 4.69) is 15.9 Å². The second kappa shape index (κ2) is 2.07. The van der Waals surface area contributed by atoms with Crippen molar-refractivity contribution in [1.29, 1.82) is 0 Å². The minimum atomic E-state index is 0.266. The second-order valence-electron chi connectivity index (χ2n) is 1.85. The Morgan fingerprint density at radius 1 is 1.88 bits per heavy atom. The van der Waals surface area contributed by atoms with Gasteiger partial charge in [0.05, 0.1) is 0 Å². The molecule has 0 aliphatic carbocycles. The molecule has 0 aromatic rings. The summed E-state index contributed by atoms with van der Waals surface area (Å²) in [6, 6.07) is 0. The van der Waals surface area contributed by atoms with Crippen LogP contribution in [0, 0.1) is 0 Å². The molecule has 3 heteroatoms. The minimum absolute atomic E-state index is 0.266. The van der Waals surface area contributed by atoms with Crippen molar-refractivity contribution < 1.29 is 4.84 Å². The van der Waals surface area contributed by atoms with Crippen LogP contribution >= 0.6 is 15.9 Å². The summed E-state index contributed by atoms with van der Waals surface area (Å²) in [5.74, 6) is 0. The lowest BCUT2D eigenvalue weighted by molar-refractivity contribution is -0.0568. The van der Waals surface area contributed by atoms with E-state index in [-0.39, 0.29) is 4.95 Å². The van der Waals surface area contributed by atoms with Crippen molar-refractivity contribution in [2.75, 3.05) is 7.05 Å². The van der Waals surface area contributed by atoms with E-state index in [1.165, 1.54) is 5.57 Å². The van der Waals surface area contributed by atoms with Gasteiger partial charge in [-0.05, 0) is 12.5 Å². The topological polar surface area (TPSA) is 12.5 Å². The number of hydroxylamine groups is 2. The van der Waals surface area contributed by atoms with E-state index in [1.807, 2.05) is 14.0 Å². The molecule has 8 heavy (non-hydrogen) atoms. The number of halogens is 1. The lowest BCUT2D eigenvalue weighted by atomic mass is 10.3. The van der Waals surface area contributed by atoms with Gasteiger partial charge in [-0.2, -0.15) is 0 Å². The fourth-order valence-corrected chi connectivity index (χ4v) is 0.767. The summed E-state index contributed by atoms with van der Waals surface area (Å²) in [4.78, 5) is 5.27. The van der Waals surface area contributed by atoms with Crippen LogP contribution < -0.4 is 0 Å². The van der Waals surface area contributed by atoms with E-state index < -0.39 is 0 Å². The molecule has 2 nitrogen and oxygen atoms in total. The maximum absolute atomic E-state index is 5.00. The molecule has 0 saturated heterocycles. The van der Waals surface area contributed by atoms with Gasteiger partial charge in [0.15, 0.2) is 0 Å². The van der Waals surface area contributed by atoms with Crippen LogP contribution in [0.5, 0.6) is 0 Å². The van der Waals surface area contributed by atoms with Crippen LogP contribution in [0.3, 0.4) is 0 Å². The monoisotopic (exact) mass is 177 g/mol. The van der Waals surface area contributed by atoms with E-state index in [0.29, 0.717) is 0 Å². The van der Waals surface area contributed by atoms with Gasteiger partial charge in [-0.3, -0.25) is 0 Å². The first-order valence-electron chi connectivity index (χ1n) is 2.42. The Bertz CT molecular complexity index is 124. The molecule has 1 rings (SSSR count). The Morgan fingerprint density at radius 3 is 2.62 bits per heavy atom. The molecule has 0 N–H and O–H groups in total. The average Bonchev–Trinajstić information content (AvgIpc) is 1.98. The summed E-state index contributed by atoms with van der Waals surface area (Å²) >= 11 is 3.40. The van der Waals surface area contributed by atoms with Crippen molar-refractivity contribution in [1.82, 2.24) is 5.06 Å². The fourth-order valence-electron chi connectivity index (χ4n) is 0.563. The maximum atomic E-state index is 5.00. The third-order valence-electron chi connectivity index (χ3n) is 1.10. The van der Waals surface area contributed by atoms with E-state index >= 15 is 0 Å². The highest BCUT2D eigenvalue weighted by Gasteiger charge is 2.18. The summed E-state index contributed by atoms with van der Waals surface area (Å²) in [5, 5.41) is 1.75. The number of alkyl halides is 1. The van der Waals surface area contributed by atoms with Crippen LogP contribution in [0.25, 0.3) is 0 Å². The lowest BCUT2D eigenvalue weighted by Crippen LogP contribution is -2.19. The first-order chi connectivity index (χ1) is 3.72. The van der Waals surface area contributed by atoms with Gasteiger partial charge in [-0.25, -0.2) is 0 Å². The number of hydrogen-bond donors (Lipinski definition) is 0. The van der Waals surface area contributed by atoms with Gasteiger partial charge in [0.1, 0.15) is 11.2 Å². The van der Waals surface area contributed by atoms with Crippen LogP contribution in [0.4, 0.5) is 0 Å². The van der Waals surface area contributed by atoms with E-state index in [0.717, 1.165) is 0 Å². The normalized spacial score (nSPS) is 29.9. The largest absolute Gasteiger partial charge is 0.413 e. The molecule has 0 fully saturated rings. The summed E-state index contributed by atoms with van der Waals surface area (Å²) in [6.07, 6.45) is 1.74. The van der Waals surface area contributed by atoms with Crippen molar-refractivity contribution in [2.24, 2.45) is 0 Å². The maximum Gasteiger partial charge on any atom is 0.124 e. The van der Waals surface area contributed by atoms with Crippen molar-refractivity contribution in [3.05, 3.63) is 11.8 Å². The quantitative estimate of drug-likeness (QED) is 0.411. The van der Waals surface area contributed by atoms with Gasteiger partial charge in [0.2, 0.25) is 0 Å². The first kappa shape index (κ1) is 6.11. The van der Waals surface area contributed by atoms with Crippen LogP contribution in [-0.4, -0.2) is 17.1 Å². The zero-order chi connectivity index (χ0) is 6.15. The zero-order valence-electron chi connectivity index (χ0n) is 4.89. The SMILES string of the molecule is CC1=CON(C)C1Br. The molecule has 0 spiro atoms. The van der Waals surface area contributed by atoms with Gasteiger partial charge in [0, 0.05) is 7.05 Å². The van der Waals surface area contributed by atoms with E-state index in [4.69, 9.17) is 4.84 Å². The second-order valence-corrected chi connectivity index (χ2v) is 2.72. The first-order valence-corrected chi connectivity index (χ1v) is 3.33. The van der Waals surface area contributed by atoms with Crippen molar-refractivity contribution >= 4 is 15.9 Å². The molecule has 1 heterocycles. The molecule has 1 aliphatic rings. The minimum Gasteiger partial charge on any atom is -0.413 e. The molecule has 1 unspecified atom stereocenters. The van der Waals surface area contributed by atoms with E-state index in [1.54, 1.807) is 11.3 Å². The predicted molar refractivity (Wildman–Crippen MR) is 35.3 cm³/mol. The summed E-state index contributed by atoms with van der Waals surface area (Å²) in [5.41, 5.74) is 1.20. The standard InChI is InChI=1S/C5H8BrNO/c1-4-3-8-7(2)5(4)6/h3,5H,1-2H3. The summed E-state index contributed by atoms with van der Waals surface area (Å²) in [7, 11) is 1.88. The molecule has 1 aliphatic heterocycles. The number of hydrogen-bond acceptors (Lipinski definition) is 2. The molecular formula is C5H8BrNO. The highest BCUT2D eigenvalue weighted by Crippen LogP contribution is 2.21. The van der Waals surface area contributed by atoms with Crippen LogP contribution in [-0.2, 0) is 4.84 Å². The van der Waals surface area contributed by atoms with Crippen molar-refractivity contribution in [2.45, 2.75) is 11.9 Å². The van der Waals surface area contributed by atoms with Crippen molar-refractivity contribution in [3.8, 4) is 0 Å². The Morgan fingerprint density at radius 2 is 2.50 bits per heavy atom. The van der Waals surface area contributed by atoms with Gasteiger partial charge in [0.25, 0.3) is 0 Å². The molecule has 0 amide bonds. The highest BCUT2D eigenvalue weighted by molar-refractivity contribution is 9.09. The molecule has 1 atom stereocenters. The zero-order valence-corrected chi connectivity index (χ0v) is 6.47. The summed E-state index contributed by atoms with van der Waals surface area (Å²) < 4.78 is 0. The van der Waals surface area contributed by atoms with Crippen molar-refractivity contribution in [3.63, 3.8) is 0 Å².